The van der Waals surface area contributed by atoms with E-state index in [-0.39, 0.29) is 0 Å². The van der Waals surface area contributed by atoms with Crippen LogP contribution >= 0.6 is 0 Å². The fourth-order valence-corrected chi connectivity index (χ4v) is 3.09. The van der Waals surface area contributed by atoms with Crippen LogP contribution in [0.5, 0.6) is 0 Å². The fraction of sp³-hybridized carbons (Fsp3) is 0.471. The molecule has 1 fully saturated rings. The largest absolute Gasteiger partial charge is 0.328 e. The Balaban J connectivity index is 1.72. The number of nitrogens with two attached hydrogens (primary N) is 1. The maximum absolute atomic E-state index is 6.05. The number of hydrogen-bond donors (Lipinski definition) is 1. The first-order valence-corrected chi connectivity index (χ1v) is 7.55. The van der Waals surface area contributed by atoms with Crippen LogP contribution < -0.4 is 5.73 Å². The summed E-state index contributed by atoms with van der Waals surface area (Å²) in [6.07, 6.45) is 2.51. The number of rotatable bonds is 3. The molecular formula is C17H23N3. The number of nitrogens with zero attached hydrogens (tertiary/aromatic N) is 2. The summed E-state index contributed by atoms with van der Waals surface area (Å²) in [5.41, 5.74) is 8.30. The first kappa shape index (κ1) is 13.5. The number of para-hydroxylation sites is 1. The predicted molar refractivity (Wildman–Crippen MR) is 83.4 cm³/mol. The molecule has 3 heteroatoms. The van der Waals surface area contributed by atoms with Crippen LogP contribution in [0.1, 0.15) is 25.5 Å². The zero-order chi connectivity index (χ0) is 13.9. The number of aromatic nitrogens is 1. The zero-order valence-electron chi connectivity index (χ0n) is 12.1. The van der Waals surface area contributed by atoms with Crippen molar-refractivity contribution in [2.45, 2.75) is 32.4 Å². The van der Waals surface area contributed by atoms with Gasteiger partial charge in [0.05, 0.1) is 11.2 Å². The lowest BCUT2D eigenvalue weighted by molar-refractivity contribution is 0.153. The summed E-state index contributed by atoms with van der Waals surface area (Å²) in [5, 5.41) is 1.21. The normalized spacial score (nSPS) is 22.0. The minimum Gasteiger partial charge on any atom is -0.328 e. The molecule has 2 heterocycles. The highest BCUT2D eigenvalue weighted by Crippen LogP contribution is 2.21. The topological polar surface area (TPSA) is 42.1 Å². The molecule has 0 spiro atoms. The van der Waals surface area contributed by atoms with Gasteiger partial charge in [-0.15, -0.1) is 0 Å². The van der Waals surface area contributed by atoms with Gasteiger partial charge in [0.2, 0.25) is 0 Å². The molecule has 1 aromatic heterocycles. The third-order valence-corrected chi connectivity index (χ3v) is 4.33. The molecule has 106 valence electrons. The molecule has 20 heavy (non-hydrogen) atoms. The Kier molecular flexibility index (Phi) is 3.99. The van der Waals surface area contributed by atoms with Crippen molar-refractivity contribution in [3.63, 3.8) is 0 Å². The Hall–Kier alpha value is -1.45. The van der Waals surface area contributed by atoms with Crippen LogP contribution in [0.15, 0.2) is 36.4 Å². The van der Waals surface area contributed by atoms with Gasteiger partial charge in [-0.25, -0.2) is 0 Å². The maximum Gasteiger partial charge on any atom is 0.0705 e. The summed E-state index contributed by atoms with van der Waals surface area (Å²) in [4.78, 5) is 7.26. The van der Waals surface area contributed by atoms with Crippen LogP contribution in [0.25, 0.3) is 10.9 Å². The molecule has 0 amide bonds. The summed E-state index contributed by atoms with van der Waals surface area (Å²) >= 11 is 0. The van der Waals surface area contributed by atoms with E-state index >= 15 is 0 Å². The molecule has 1 saturated heterocycles. The highest BCUT2D eigenvalue weighted by atomic mass is 15.1. The molecule has 0 bridgehead atoms. The number of piperidine rings is 1. The van der Waals surface area contributed by atoms with Crippen LogP contribution in [0, 0.1) is 5.92 Å². The van der Waals surface area contributed by atoms with Crippen molar-refractivity contribution >= 4 is 10.9 Å². The predicted octanol–water partition coefficient (Wildman–Crippen LogP) is 2.79. The molecule has 0 saturated carbocycles. The number of hydrogen-bond acceptors (Lipinski definition) is 3. The minimum absolute atomic E-state index is 0.294. The summed E-state index contributed by atoms with van der Waals surface area (Å²) in [6.45, 7) is 5.33. The van der Waals surface area contributed by atoms with Crippen molar-refractivity contribution < 1.29 is 0 Å². The summed E-state index contributed by atoms with van der Waals surface area (Å²) in [6, 6.07) is 12.9. The Bertz CT molecular complexity index is 579. The second-order valence-electron chi connectivity index (χ2n) is 5.99. The van der Waals surface area contributed by atoms with E-state index in [1.165, 1.54) is 18.2 Å². The Morgan fingerprint density at radius 2 is 2.15 bits per heavy atom. The molecule has 1 aliphatic heterocycles. The van der Waals surface area contributed by atoms with E-state index < -0.39 is 0 Å². The van der Waals surface area contributed by atoms with Gasteiger partial charge in [-0.3, -0.25) is 9.88 Å². The average molecular weight is 269 g/mol. The number of pyridine rings is 1. The van der Waals surface area contributed by atoms with Gasteiger partial charge in [0.1, 0.15) is 0 Å². The van der Waals surface area contributed by atoms with Crippen molar-refractivity contribution in [1.82, 2.24) is 9.88 Å². The van der Waals surface area contributed by atoms with Gasteiger partial charge in [0.15, 0.2) is 0 Å². The van der Waals surface area contributed by atoms with Crippen molar-refractivity contribution in [3.8, 4) is 0 Å². The first-order chi connectivity index (χ1) is 9.72. The molecule has 2 atom stereocenters. The minimum atomic E-state index is 0.294. The molecule has 0 radical (unpaired) electrons. The molecule has 2 unspecified atom stereocenters. The van der Waals surface area contributed by atoms with E-state index in [0.717, 1.165) is 30.8 Å². The molecule has 0 aliphatic carbocycles. The second-order valence-corrected chi connectivity index (χ2v) is 5.99. The second kappa shape index (κ2) is 5.90. The molecule has 3 nitrogen and oxygen atoms in total. The molecule has 2 aromatic rings. The smallest absolute Gasteiger partial charge is 0.0705 e. The van der Waals surface area contributed by atoms with Crippen LogP contribution in [0.2, 0.25) is 0 Å². The standard InChI is InChI=1S/C17H23N3/c1-13(18)15-6-4-10-20(11-15)12-16-9-8-14-5-2-3-7-17(14)19-16/h2-3,5,7-9,13,15H,4,6,10-12,18H2,1H3. The van der Waals surface area contributed by atoms with Gasteiger partial charge >= 0.3 is 0 Å². The highest BCUT2D eigenvalue weighted by molar-refractivity contribution is 5.78. The molecule has 3 rings (SSSR count). The first-order valence-electron chi connectivity index (χ1n) is 7.55. The van der Waals surface area contributed by atoms with Gasteiger partial charge in [0.25, 0.3) is 0 Å². The highest BCUT2D eigenvalue weighted by Gasteiger charge is 2.22. The third-order valence-electron chi connectivity index (χ3n) is 4.33. The Morgan fingerprint density at radius 1 is 1.30 bits per heavy atom. The monoisotopic (exact) mass is 269 g/mol. The van der Waals surface area contributed by atoms with Gasteiger partial charge in [-0.1, -0.05) is 24.3 Å². The van der Waals surface area contributed by atoms with Crippen molar-refractivity contribution in [3.05, 3.63) is 42.1 Å². The van der Waals surface area contributed by atoms with Gasteiger partial charge < -0.3 is 5.73 Å². The number of fused-ring (bicyclic) bond motifs is 1. The number of likely N-dealkylation sites (tertiary alicyclic amines) is 1. The molecular weight excluding hydrogens is 246 g/mol. The average Bonchev–Trinajstić information content (AvgIpc) is 2.47. The van der Waals surface area contributed by atoms with E-state index in [0.29, 0.717) is 12.0 Å². The number of benzene rings is 1. The Labute approximate surface area is 120 Å². The van der Waals surface area contributed by atoms with Crippen molar-refractivity contribution in [2.24, 2.45) is 11.7 Å². The van der Waals surface area contributed by atoms with Crippen LogP contribution in [-0.4, -0.2) is 29.0 Å². The van der Waals surface area contributed by atoms with Gasteiger partial charge in [-0.05, 0) is 44.4 Å². The summed E-state index contributed by atoms with van der Waals surface area (Å²) in [7, 11) is 0. The van der Waals surface area contributed by atoms with Crippen LogP contribution in [0.4, 0.5) is 0 Å². The SMILES string of the molecule is CC(N)C1CCCN(Cc2ccc3ccccc3n2)C1. The van der Waals surface area contributed by atoms with Crippen molar-refractivity contribution in [2.75, 3.05) is 13.1 Å². The van der Waals surface area contributed by atoms with E-state index in [9.17, 15) is 0 Å². The summed E-state index contributed by atoms with van der Waals surface area (Å²) < 4.78 is 0. The molecule has 1 aromatic carbocycles. The van der Waals surface area contributed by atoms with Crippen molar-refractivity contribution in [1.29, 1.82) is 0 Å². The lowest BCUT2D eigenvalue weighted by Crippen LogP contribution is -2.42. The van der Waals surface area contributed by atoms with E-state index in [1.54, 1.807) is 0 Å². The lowest BCUT2D eigenvalue weighted by Gasteiger charge is -2.34. The molecule has 1 aliphatic rings. The third kappa shape index (κ3) is 3.00. The summed E-state index contributed by atoms with van der Waals surface area (Å²) in [5.74, 6) is 0.629. The quantitative estimate of drug-likeness (QED) is 0.931. The van der Waals surface area contributed by atoms with Gasteiger partial charge in [0, 0.05) is 24.5 Å². The van der Waals surface area contributed by atoms with Crippen LogP contribution in [0.3, 0.4) is 0 Å². The van der Waals surface area contributed by atoms with E-state index in [2.05, 4.69) is 42.2 Å². The van der Waals surface area contributed by atoms with Gasteiger partial charge in [-0.2, -0.15) is 0 Å². The molecule has 2 N–H and O–H groups in total. The lowest BCUT2D eigenvalue weighted by atomic mass is 9.92. The van der Waals surface area contributed by atoms with E-state index in [1.807, 2.05) is 6.07 Å². The maximum atomic E-state index is 6.05. The van der Waals surface area contributed by atoms with E-state index in [4.69, 9.17) is 10.7 Å². The van der Waals surface area contributed by atoms with Crippen LogP contribution in [-0.2, 0) is 6.54 Å². The Morgan fingerprint density at radius 3 is 3.00 bits per heavy atom. The fourth-order valence-electron chi connectivity index (χ4n) is 3.09. The zero-order valence-corrected chi connectivity index (χ0v) is 12.1.